The van der Waals surface area contributed by atoms with Gasteiger partial charge in [-0.05, 0) is 31.7 Å². The maximum absolute atomic E-state index is 14.1. The van der Waals surface area contributed by atoms with Gasteiger partial charge in [0.05, 0.1) is 6.04 Å². The van der Waals surface area contributed by atoms with E-state index in [1.54, 1.807) is 7.05 Å². The van der Waals surface area contributed by atoms with Crippen LogP contribution in [-0.4, -0.2) is 13.7 Å². The van der Waals surface area contributed by atoms with Crippen molar-refractivity contribution in [2.24, 2.45) is 0 Å². The molecule has 0 aliphatic heterocycles. The summed E-state index contributed by atoms with van der Waals surface area (Å²) in [6.07, 6.45) is -0.465. The van der Waals surface area contributed by atoms with Crippen molar-refractivity contribution >= 4 is 0 Å². The van der Waals surface area contributed by atoms with Crippen molar-refractivity contribution in [3.8, 4) is 0 Å². The van der Waals surface area contributed by atoms with E-state index in [0.29, 0.717) is 6.61 Å². The van der Waals surface area contributed by atoms with Crippen LogP contribution >= 0.6 is 0 Å². The Kier molecular flexibility index (Phi) is 5.42. The molecule has 2 aromatic carbocycles. The molecule has 2 aromatic rings. The van der Waals surface area contributed by atoms with Crippen molar-refractivity contribution < 1.29 is 13.5 Å². The van der Waals surface area contributed by atoms with Gasteiger partial charge in [-0.2, -0.15) is 0 Å². The van der Waals surface area contributed by atoms with Crippen molar-refractivity contribution in [3.63, 3.8) is 0 Å². The highest BCUT2D eigenvalue weighted by molar-refractivity contribution is 5.28. The summed E-state index contributed by atoms with van der Waals surface area (Å²) in [5, 5.41) is 2.98. The van der Waals surface area contributed by atoms with E-state index in [1.807, 2.05) is 37.3 Å². The van der Waals surface area contributed by atoms with Gasteiger partial charge in [0.15, 0.2) is 0 Å². The Hall–Kier alpha value is -1.78. The number of halogens is 2. The third kappa shape index (κ3) is 3.46. The van der Waals surface area contributed by atoms with Crippen LogP contribution in [0.2, 0.25) is 0 Å². The third-order valence-electron chi connectivity index (χ3n) is 3.40. The molecule has 2 rings (SSSR count). The van der Waals surface area contributed by atoms with Crippen LogP contribution in [0.5, 0.6) is 0 Å². The molecule has 0 aliphatic carbocycles. The molecule has 2 nitrogen and oxygen atoms in total. The van der Waals surface area contributed by atoms with Gasteiger partial charge < -0.3 is 10.1 Å². The van der Waals surface area contributed by atoms with E-state index in [4.69, 9.17) is 4.74 Å². The fourth-order valence-corrected chi connectivity index (χ4v) is 2.46. The molecule has 0 spiro atoms. The summed E-state index contributed by atoms with van der Waals surface area (Å²) in [7, 11) is 1.67. The molecule has 21 heavy (non-hydrogen) atoms. The van der Waals surface area contributed by atoms with Crippen LogP contribution in [0.15, 0.2) is 48.5 Å². The van der Waals surface area contributed by atoms with Crippen LogP contribution in [0.3, 0.4) is 0 Å². The van der Waals surface area contributed by atoms with Gasteiger partial charge in [0.1, 0.15) is 17.7 Å². The summed E-state index contributed by atoms with van der Waals surface area (Å²) in [6, 6.07) is 12.7. The highest BCUT2D eigenvalue weighted by Crippen LogP contribution is 2.34. The second-order valence-electron chi connectivity index (χ2n) is 4.69. The summed E-state index contributed by atoms with van der Waals surface area (Å²) in [5.41, 5.74) is 0.878. The predicted octanol–water partition coefficient (Wildman–Crippen LogP) is 4.00. The molecule has 0 aliphatic rings. The van der Waals surface area contributed by atoms with E-state index in [1.165, 1.54) is 18.2 Å². The Bertz CT molecular complexity index is 554. The lowest BCUT2D eigenvalue weighted by Crippen LogP contribution is -2.27. The molecule has 0 saturated carbocycles. The summed E-state index contributed by atoms with van der Waals surface area (Å²) in [6.45, 7) is 2.31. The largest absolute Gasteiger partial charge is 0.372 e. The van der Waals surface area contributed by atoms with Crippen molar-refractivity contribution in [1.82, 2.24) is 5.32 Å². The van der Waals surface area contributed by atoms with Gasteiger partial charge >= 0.3 is 0 Å². The SMILES string of the molecule is CCOC(c1ccccc1)C(NC)c1c(F)cccc1F. The fourth-order valence-electron chi connectivity index (χ4n) is 2.46. The average molecular weight is 291 g/mol. The molecule has 0 heterocycles. The summed E-state index contributed by atoms with van der Waals surface area (Å²) < 4.78 is 33.9. The Morgan fingerprint density at radius 2 is 1.62 bits per heavy atom. The van der Waals surface area contributed by atoms with Crippen LogP contribution in [0.4, 0.5) is 8.78 Å². The van der Waals surface area contributed by atoms with Gasteiger partial charge in [-0.25, -0.2) is 8.78 Å². The normalized spacial score (nSPS) is 13.9. The van der Waals surface area contributed by atoms with E-state index in [2.05, 4.69) is 5.32 Å². The zero-order chi connectivity index (χ0) is 15.2. The number of likely N-dealkylation sites (N-methyl/N-ethyl adjacent to an activating group) is 1. The highest BCUT2D eigenvalue weighted by atomic mass is 19.1. The monoisotopic (exact) mass is 291 g/mol. The lowest BCUT2D eigenvalue weighted by Gasteiger charge is -2.28. The molecule has 0 fully saturated rings. The number of hydrogen-bond donors (Lipinski definition) is 1. The molecule has 112 valence electrons. The lowest BCUT2D eigenvalue weighted by molar-refractivity contribution is 0.0328. The number of ether oxygens (including phenoxy) is 1. The Labute approximate surface area is 123 Å². The first-order valence-corrected chi connectivity index (χ1v) is 6.96. The van der Waals surface area contributed by atoms with Gasteiger partial charge in [0.25, 0.3) is 0 Å². The molecule has 0 saturated heterocycles. The van der Waals surface area contributed by atoms with Gasteiger partial charge in [-0.3, -0.25) is 0 Å². The van der Waals surface area contributed by atoms with Gasteiger partial charge in [0, 0.05) is 12.2 Å². The maximum Gasteiger partial charge on any atom is 0.131 e. The molecule has 0 aromatic heterocycles. The first kappa shape index (κ1) is 15.6. The third-order valence-corrected chi connectivity index (χ3v) is 3.40. The van der Waals surface area contributed by atoms with Crippen LogP contribution in [0.25, 0.3) is 0 Å². The molecule has 2 atom stereocenters. The Morgan fingerprint density at radius 3 is 2.14 bits per heavy atom. The first-order chi connectivity index (χ1) is 10.2. The molecule has 0 radical (unpaired) electrons. The van der Waals surface area contributed by atoms with E-state index >= 15 is 0 Å². The zero-order valence-electron chi connectivity index (χ0n) is 12.1. The van der Waals surface area contributed by atoms with Crippen LogP contribution in [0.1, 0.15) is 30.2 Å². The van der Waals surface area contributed by atoms with Gasteiger partial charge in [-0.15, -0.1) is 0 Å². The van der Waals surface area contributed by atoms with E-state index in [-0.39, 0.29) is 5.56 Å². The fraction of sp³-hybridized carbons (Fsp3) is 0.294. The quantitative estimate of drug-likeness (QED) is 0.868. The van der Waals surface area contributed by atoms with Crippen LogP contribution in [0, 0.1) is 11.6 Å². The molecular weight excluding hydrogens is 272 g/mol. The Morgan fingerprint density at radius 1 is 1.00 bits per heavy atom. The highest BCUT2D eigenvalue weighted by Gasteiger charge is 2.28. The number of nitrogens with one attached hydrogen (secondary N) is 1. The molecule has 2 unspecified atom stereocenters. The molecule has 1 N–H and O–H groups in total. The summed E-state index contributed by atoms with van der Waals surface area (Å²) in [5.74, 6) is -1.15. The second kappa shape index (κ2) is 7.29. The van der Waals surface area contributed by atoms with E-state index in [9.17, 15) is 8.78 Å². The molecule has 4 heteroatoms. The molecule has 0 amide bonds. The van der Waals surface area contributed by atoms with E-state index in [0.717, 1.165) is 5.56 Å². The zero-order valence-corrected chi connectivity index (χ0v) is 12.1. The first-order valence-electron chi connectivity index (χ1n) is 6.96. The standard InChI is InChI=1S/C17H19F2NO/c1-3-21-17(12-8-5-4-6-9-12)16(20-2)15-13(18)10-7-11-14(15)19/h4-11,16-17,20H,3H2,1-2H3. The number of benzene rings is 2. The average Bonchev–Trinajstić information content (AvgIpc) is 2.50. The summed E-state index contributed by atoms with van der Waals surface area (Å²) >= 11 is 0. The van der Waals surface area contributed by atoms with Crippen molar-refractivity contribution in [2.45, 2.75) is 19.1 Å². The van der Waals surface area contributed by atoms with E-state index < -0.39 is 23.8 Å². The van der Waals surface area contributed by atoms with Crippen LogP contribution < -0.4 is 5.32 Å². The minimum Gasteiger partial charge on any atom is -0.372 e. The maximum atomic E-state index is 14.1. The lowest BCUT2D eigenvalue weighted by atomic mass is 9.95. The second-order valence-corrected chi connectivity index (χ2v) is 4.69. The number of rotatable bonds is 6. The van der Waals surface area contributed by atoms with Gasteiger partial charge in [-0.1, -0.05) is 36.4 Å². The smallest absolute Gasteiger partial charge is 0.131 e. The summed E-state index contributed by atoms with van der Waals surface area (Å²) in [4.78, 5) is 0. The topological polar surface area (TPSA) is 21.3 Å². The molecule has 0 bridgehead atoms. The predicted molar refractivity (Wildman–Crippen MR) is 79.0 cm³/mol. The Balaban J connectivity index is 2.46. The molecular formula is C17H19F2NO. The van der Waals surface area contributed by atoms with Crippen molar-refractivity contribution in [3.05, 3.63) is 71.3 Å². The van der Waals surface area contributed by atoms with Crippen molar-refractivity contribution in [2.75, 3.05) is 13.7 Å². The van der Waals surface area contributed by atoms with Gasteiger partial charge in [0.2, 0.25) is 0 Å². The van der Waals surface area contributed by atoms with Crippen molar-refractivity contribution in [1.29, 1.82) is 0 Å². The number of hydrogen-bond acceptors (Lipinski definition) is 2. The minimum absolute atomic E-state index is 0.00213. The van der Waals surface area contributed by atoms with Crippen LogP contribution in [-0.2, 0) is 4.74 Å². The minimum atomic E-state index is -0.603.